The number of amides is 1. The van der Waals surface area contributed by atoms with E-state index in [0.29, 0.717) is 29.8 Å². The Labute approximate surface area is 192 Å². The standard InChI is InChI=1S/C25H25N3O3S/c1-3-31-17-16-28-24(29)23(32-25(28)26-19-8-5-4-6-9-19)18-21-10-7-15-27(21)20-11-13-22(30-2)14-12-20/h4-15,18H,3,16-17H2,1-2H3/b23-18-,26-25?. The van der Waals surface area contributed by atoms with Gasteiger partial charge in [0.25, 0.3) is 5.91 Å². The van der Waals surface area contributed by atoms with Crippen LogP contribution in [0.3, 0.4) is 0 Å². The number of ether oxygens (including phenoxy) is 2. The quantitative estimate of drug-likeness (QED) is 0.355. The lowest BCUT2D eigenvalue weighted by molar-refractivity contribution is -0.122. The molecule has 1 aromatic heterocycles. The summed E-state index contributed by atoms with van der Waals surface area (Å²) in [5.41, 5.74) is 2.72. The van der Waals surface area contributed by atoms with Crippen LogP contribution in [0.5, 0.6) is 5.75 Å². The minimum absolute atomic E-state index is 0.0631. The van der Waals surface area contributed by atoms with E-state index in [1.54, 1.807) is 12.0 Å². The molecule has 6 nitrogen and oxygen atoms in total. The maximum atomic E-state index is 13.2. The van der Waals surface area contributed by atoms with Crippen LogP contribution in [-0.2, 0) is 9.53 Å². The molecule has 1 fully saturated rings. The third kappa shape index (κ3) is 4.95. The van der Waals surface area contributed by atoms with Crippen LogP contribution in [0.15, 0.2) is 82.8 Å². The van der Waals surface area contributed by atoms with Crippen LogP contribution in [0, 0.1) is 0 Å². The van der Waals surface area contributed by atoms with Gasteiger partial charge in [0.1, 0.15) is 5.75 Å². The van der Waals surface area contributed by atoms with Crippen molar-refractivity contribution in [3.8, 4) is 11.4 Å². The van der Waals surface area contributed by atoms with Gasteiger partial charge in [-0.05, 0) is 73.3 Å². The first-order chi connectivity index (χ1) is 15.7. The number of para-hydroxylation sites is 1. The van der Waals surface area contributed by atoms with Gasteiger partial charge in [-0.3, -0.25) is 9.69 Å². The maximum absolute atomic E-state index is 13.2. The van der Waals surface area contributed by atoms with Gasteiger partial charge in [-0.25, -0.2) is 4.99 Å². The third-order valence-electron chi connectivity index (χ3n) is 4.94. The largest absolute Gasteiger partial charge is 0.497 e. The van der Waals surface area contributed by atoms with E-state index in [-0.39, 0.29) is 5.91 Å². The molecule has 1 saturated heterocycles. The molecule has 2 heterocycles. The van der Waals surface area contributed by atoms with E-state index in [1.807, 2.05) is 90.5 Å². The molecule has 4 rings (SSSR count). The average Bonchev–Trinajstić information content (AvgIpc) is 3.40. The predicted molar refractivity (Wildman–Crippen MR) is 130 cm³/mol. The zero-order chi connectivity index (χ0) is 22.3. The Morgan fingerprint density at radius 2 is 1.81 bits per heavy atom. The summed E-state index contributed by atoms with van der Waals surface area (Å²) in [6.07, 6.45) is 3.89. The van der Waals surface area contributed by atoms with Crippen molar-refractivity contribution in [1.82, 2.24) is 9.47 Å². The van der Waals surface area contributed by atoms with Crippen LogP contribution in [0.2, 0.25) is 0 Å². The number of rotatable bonds is 8. The van der Waals surface area contributed by atoms with Gasteiger partial charge in [0.2, 0.25) is 0 Å². The van der Waals surface area contributed by atoms with E-state index in [2.05, 4.69) is 0 Å². The number of carbonyl (C=O) groups is 1. The van der Waals surface area contributed by atoms with Crippen molar-refractivity contribution in [1.29, 1.82) is 0 Å². The Bertz CT molecular complexity index is 1120. The predicted octanol–water partition coefficient (Wildman–Crippen LogP) is 5.13. The molecule has 0 spiro atoms. The van der Waals surface area contributed by atoms with Gasteiger partial charge in [-0.15, -0.1) is 0 Å². The SMILES string of the molecule is CCOCCN1C(=O)/C(=C/c2cccn2-c2ccc(OC)cc2)SC1=Nc1ccccc1. The lowest BCUT2D eigenvalue weighted by Crippen LogP contribution is -2.32. The van der Waals surface area contributed by atoms with Crippen molar-refractivity contribution in [3.05, 3.63) is 83.5 Å². The lowest BCUT2D eigenvalue weighted by atomic mass is 10.3. The van der Waals surface area contributed by atoms with Gasteiger partial charge < -0.3 is 14.0 Å². The van der Waals surface area contributed by atoms with Gasteiger partial charge in [-0.1, -0.05) is 18.2 Å². The molecule has 3 aromatic rings. The number of nitrogens with zero attached hydrogens (tertiary/aromatic N) is 3. The molecule has 1 aliphatic rings. The fraction of sp³-hybridized carbons (Fsp3) is 0.200. The zero-order valence-electron chi connectivity index (χ0n) is 18.1. The van der Waals surface area contributed by atoms with Crippen LogP contribution < -0.4 is 4.74 Å². The summed E-state index contributed by atoms with van der Waals surface area (Å²) in [5.74, 6) is 0.737. The van der Waals surface area contributed by atoms with Crippen LogP contribution in [-0.4, -0.2) is 47.4 Å². The van der Waals surface area contributed by atoms with Crippen LogP contribution in [0.1, 0.15) is 12.6 Å². The Balaban J connectivity index is 1.64. The molecule has 7 heteroatoms. The second kappa shape index (κ2) is 10.3. The fourth-order valence-electron chi connectivity index (χ4n) is 3.33. The van der Waals surface area contributed by atoms with Crippen LogP contribution in [0.4, 0.5) is 5.69 Å². The minimum Gasteiger partial charge on any atom is -0.497 e. The summed E-state index contributed by atoms with van der Waals surface area (Å²) >= 11 is 1.39. The molecule has 0 aliphatic carbocycles. The van der Waals surface area contributed by atoms with E-state index in [0.717, 1.165) is 22.8 Å². The zero-order valence-corrected chi connectivity index (χ0v) is 18.9. The second-order valence-electron chi connectivity index (χ2n) is 7.00. The highest BCUT2D eigenvalue weighted by molar-refractivity contribution is 8.18. The Morgan fingerprint density at radius 1 is 1.03 bits per heavy atom. The van der Waals surface area contributed by atoms with Crippen molar-refractivity contribution in [2.75, 3.05) is 26.9 Å². The summed E-state index contributed by atoms with van der Waals surface area (Å²) in [7, 11) is 1.65. The first-order valence-corrected chi connectivity index (χ1v) is 11.3. The first kappa shape index (κ1) is 21.9. The summed E-state index contributed by atoms with van der Waals surface area (Å²) in [4.78, 5) is 20.3. The van der Waals surface area contributed by atoms with E-state index in [9.17, 15) is 4.79 Å². The lowest BCUT2D eigenvalue weighted by Gasteiger charge is -2.15. The second-order valence-corrected chi connectivity index (χ2v) is 8.00. The number of hydrogen-bond acceptors (Lipinski definition) is 5. The highest BCUT2D eigenvalue weighted by atomic mass is 32.2. The number of aliphatic imine (C=N–C) groups is 1. The highest BCUT2D eigenvalue weighted by Crippen LogP contribution is 2.34. The maximum Gasteiger partial charge on any atom is 0.266 e. The molecule has 0 atom stereocenters. The normalized spacial score (nSPS) is 16.3. The summed E-state index contributed by atoms with van der Waals surface area (Å²) in [5, 5.41) is 0.662. The van der Waals surface area contributed by atoms with E-state index in [1.165, 1.54) is 11.8 Å². The summed E-state index contributed by atoms with van der Waals surface area (Å²) in [6.45, 7) is 3.48. The molecular weight excluding hydrogens is 422 g/mol. The molecule has 0 N–H and O–H groups in total. The number of methoxy groups -OCH3 is 1. The summed E-state index contributed by atoms with van der Waals surface area (Å²) < 4.78 is 12.8. The Kier molecular flexibility index (Phi) is 7.09. The molecule has 0 saturated carbocycles. The number of aromatic nitrogens is 1. The van der Waals surface area contributed by atoms with E-state index >= 15 is 0 Å². The van der Waals surface area contributed by atoms with Gasteiger partial charge in [0.05, 0.1) is 30.9 Å². The molecule has 0 bridgehead atoms. The smallest absolute Gasteiger partial charge is 0.266 e. The molecule has 0 radical (unpaired) electrons. The monoisotopic (exact) mass is 447 g/mol. The number of benzene rings is 2. The van der Waals surface area contributed by atoms with E-state index < -0.39 is 0 Å². The van der Waals surface area contributed by atoms with Crippen LogP contribution >= 0.6 is 11.8 Å². The summed E-state index contributed by atoms with van der Waals surface area (Å²) in [6, 6.07) is 21.4. The van der Waals surface area contributed by atoms with Gasteiger partial charge in [0, 0.05) is 24.2 Å². The minimum atomic E-state index is -0.0631. The van der Waals surface area contributed by atoms with Crippen molar-refractivity contribution in [2.45, 2.75) is 6.92 Å². The molecular formula is C25H25N3O3S. The van der Waals surface area contributed by atoms with Gasteiger partial charge in [-0.2, -0.15) is 0 Å². The average molecular weight is 448 g/mol. The third-order valence-corrected chi connectivity index (χ3v) is 5.95. The van der Waals surface area contributed by atoms with Crippen molar-refractivity contribution < 1.29 is 14.3 Å². The highest BCUT2D eigenvalue weighted by Gasteiger charge is 2.33. The van der Waals surface area contributed by atoms with E-state index in [4.69, 9.17) is 14.5 Å². The fourth-order valence-corrected chi connectivity index (χ4v) is 4.33. The molecule has 1 amide bonds. The van der Waals surface area contributed by atoms with Crippen molar-refractivity contribution in [2.24, 2.45) is 4.99 Å². The van der Waals surface area contributed by atoms with Gasteiger partial charge in [0.15, 0.2) is 5.17 Å². The Hall–Kier alpha value is -3.29. The van der Waals surface area contributed by atoms with Gasteiger partial charge >= 0.3 is 0 Å². The molecule has 1 aliphatic heterocycles. The van der Waals surface area contributed by atoms with Crippen LogP contribution in [0.25, 0.3) is 11.8 Å². The number of amidine groups is 1. The topological polar surface area (TPSA) is 56.1 Å². The van der Waals surface area contributed by atoms with Crippen molar-refractivity contribution in [3.63, 3.8) is 0 Å². The molecule has 0 unspecified atom stereocenters. The number of carbonyl (C=O) groups excluding carboxylic acids is 1. The Morgan fingerprint density at radius 3 is 2.53 bits per heavy atom. The van der Waals surface area contributed by atoms with Crippen molar-refractivity contribution >= 4 is 34.6 Å². The first-order valence-electron chi connectivity index (χ1n) is 10.4. The number of hydrogen-bond donors (Lipinski definition) is 0. The molecule has 2 aromatic carbocycles. The molecule has 32 heavy (non-hydrogen) atoms. The molecule has 164 valence electrons. The number of thioether (sulfide) groups is 1.